The van der Waals surface area contributed by atoms with E-state index in [0.717, 1.165) is 5.56 Å². The number of primary amides is 1. The van der Waals surface area contributed by atoms with Gasteiger partial charge in [-0.15, -0.1) is 0 Å². The summed E-state index contributed by atoms with van der Waals surface area (Å²) in [6.45, 7) is 1.85. The standard InChI is InChI=1S/C12H17N3O2/c1-2-10(13)12(17)15-9-5-3-8(4-6-9)7-11(14)16/h3-6,10H,2,7,13H2,1H3,(H2,14,16)(H,15,17). The molecule has 0 fully saturated rings. The van der Waals surface area contributed by atoms with E-state index in [-0.39, 0.29) is 18.2 Å². The molecule has 0 radical (unpaired) electrons. The predicted molar refractivity (Wildman–Crippen MR) is 66.2 cm³/mol. The van der Waals surface area contributed by atoms with Gasteiger partial charge in [-0.3, -0.25) is 9.59 Å². The first-order chi connectivity index (χ1) is 8.02. The quantitative estimate of drug-likeness (QED) is 0.688. The van der Waals surface area contributed by atoms with E-state index >= 15 is 0 Å². The molecule has 0 saturated heterocycles. The molecule has 17 heavy (non-hydrogen) atoms. The number of carbonyl (C=O) groups excluding carboxylic acids is 2. The van der Waals surface area contributed by atoms with E-state index in [0.29, 0.717) is 12.1 Å². The summed E-state index contributed by atoms with van der Waals surface area (Å²) in [5, 5.41) is 2.69. The zero-order chi connectivity index (χ0) is 12.8. The summed E-state index contributed by atoms with van der Waals surface area (Å²) in [6.07, 6.45) is 0.786. The van der Waals surface area contributed by atoms with Crippen LogP contribution >= 0.6 is 0 Å². The van der Waals surface area contributed by atoms with Gasteiger partial charge in [-0.1, -0.05) is 19.1 Å². The highest BCUT2D eigenvalue weighted by atomic mass is 16.2. The SMILES string of the molecule is CCC(N)C(=O)Nc1ccc(CC(N)=O)cc1. The van der Waals surface area contributed by atoms with Gasteiger partial charge in [0.25, 0.3) is 0 Å². The van der Waals surface area contributed by atoms with Crippen LogP contribution < -0.4 is 16.8 Å². The molecular weight excluding hydrogens is 218 g/mol. The molecule has 0 aliphatic rings. The van der Waals surface area contributed by atoms with Crippen molar-refractivity contribution < 1.29 is 9.59 Å². The van der Waals surface area contributed by atoms with Crippen LogP contribution in [0.1, 0.15) is 18.9 Å². The molecule has 1 aromatic rings. The third-order valence-electron chi connectivity index (χ3n) is 2.38. The number of benzene rings is 1. The number of hydrogen-bond acceptors (Lipinski definition) is 3. The first-order valence-corrected chi connectivity index (χ1v) is 5.46. The van der Waals surface area contributed by atoms with Gasteiger partial charge in [0.05, 0.1) is 12.5 Å². The molecule has 5 heteroatoms. The first-order valence-electron chi connectivity index (χ1n) is 5.46. The maximum Gasteiger partial charge on any atom is 0.241 e. The Bertz CT molecular complexity index is 401. The first kappa shape index (κ1) is 13.2. The van der Waals surface area contributed by atoms with Crippen LogP contribution in [-0.4, -0.2) is 17.9 Å². The lowest BCUT2D eigenvalue weighted by molar-refractivity contribution is -0.118. The Morgan fingerprint density at radius 1 is 1.29 bits per heavy atom. The minimum absolute atomic E-state index is 0.197. The van der Waals surface area contributed by atoms with Gasteiger partial charge in [-0.05, 0) is 24.1 Å². The zero-order valence-electron chi connectivity index (χ0n) is 9.77. The van der Waals surface area contributed by atoms with Gasteiger partial charge in [0, 0.05) is 5.69 Å². The smallest absolute Gasteiger partial charge is 0.241 e. The van der Waals surface area contributed by atoms with Crippen LogP contribution in [0.3, 0.4) is 0 Å². The lowest BCUT2D eigenvalue weighted by Crippen LogP contribution is -2.34. The van der Waals surface area contributed by atoms with Crippen molar-refractivity contribution >= 4 is 17.5 Å². The van der Waals surface area contributed by atoms with Gasteiger partial charge in [-0.25, -0.2) is 0 Å². The van der Waals surface area contributed by atoms with Gasteiger partial charge in [-0.2, -0.15) is 0 Å². The lowest BCUT2D eigenvalue weighted by Gasteiger charge is -2.10. The van der Waals surface area contributed by atoms with Crippen molar-refractivity contribution in [3.8, 4) is 0 Å². The number of anilines is 1. The summed E-state index contributed by atoms with van der Waals surface area (Å²) in [6, 6.07) is 6.44. The molecule has 0 bridgehead atoms. The van der Waals surface area contributed by atoms with Crippen molar-refractivity contribution in [3.63, 3.8) is 0 Å². The summed E-state index contributed by atoms with van der Waals surface area (Å²) in [7, 11) is 0. The second-order valence-corrected chi connectivity index (χ2v) is 3.84. The normalized spacial score (nSPS) is 11.9. The number of hydrogen-bond donors (Lipinski definition) is 3. The Hall–Kier alpha value is -1.88. The number of amides is 2. The fourth-order valence-electron chi connectivity index (χ4n) is 1.33. The molecule has 0 aliphatic heterocycles. The largest absolute Gasteiger partial charge is 0.369 e. The van der Waals surface area contributed by atoms with E-state index in [1.54, 1.807) is 24.3 Å². The van der Waals surface area contributed by atoms with Crippen molar-refractivity contribution in [3.05, 3.63) is 29.8 Å². The molecule has 1 rings (SSSR count). The summed E-state index contributed by atoms with van der Waals surface area (Å²) >= 11 is 0. The van der Waals surface area contributed by atoms with Crippen molar-refractivity contribution in [2.75, 3.05) is 5.32 Å². The second kappa shape index (κ2) is 6.00. The second-order valence-electron chi connectivity index (χ2n) is 3.84. The van der Waals surface area contributed by atoms with E-state index in [9.17, 15) is 9.59 Å². The van der Waals surface area contributed by atoms with Crippen molar-refractivity contribution in [2.24, 2.45) is 11.5 Å². The van der Waals surface area contributed by atoms with Gasteiger partial charge in [0.15, 0.2) is 0 Å². The van der Waals surface area contributed by atoms with E-state index < -0.39 is 6.04 Å². The molecule has 1 aromatic carbocycles. The van der Waals surface area contributed by atoms with Gasteiger partial charge < -0.3 is 16.8 Å². The molecule has 1 atom stereocenters. The van der Waals surface area contributed by atoms with Crippen LogP contribution in [0.2, 0.25) is 0 Å². The summed E-state index contributed by atoms with van der Waals surface area (Å²) in [5.41, 5.74) is 12.1. The monoisotopic (exact) mass is 235 g/mol. The number of nitrogens with two attached hydrogens (primary N) is 2. The van der Waals surface area contributed by atoms with Crippen molar-refractivity contribution in [1.82, 2.24) is 0 Å². The Morgan fingerprint density at radius 2 is 1.88 bits per heavy atom. The van der Waals surface area contributed by atoms with Crippen LogP contribution in [0, 0.1) is 0 Å². The molecule has 0 heterocycles. The topological polar surface area (TPSA) is 98.2 Å². The zero-order valence-corrected chi connectivity index (χ0v) is 9.77. The van der Waals surface area contributed by atoms with E-state index in [1.165, 1.54) is 0 Å². The fourth-order valence-corrected chi connectivity index (χ4v) is 1.33. The van der Waals surface area contributed by atoms with Crippen LogP contribution in [-0.2, 0) is 16.0 Å². The Morgan fingerprint density at radius 3 is 2.35 bits per heavy atom. The van der Waals surface area contributed by atoms with Gasteiger partial charge in [0.1, 0.15) is 0 Å². The van der Waals surface area contributed by atoms with Crippen LogP contribution in [0.5, 0.6) is 0 Å². The van der Waals surface area contributed by atoms with E-state index in [1.807, 2.05) is 6.92 Å². The number of rotatable bonds is 5. The van der Waals surface area contributed by atoms with Crippen molar-refractivity contribution in [2.45, 2.75) is 25.8 Å². The number of carbonyl (C=O) groups is 2. The molecule has 0 spiro atoms. The Kier molecular flexibility index (Phi) is 4.66. The Labute approximate surface area is 100 Å². The molecule has 5 nitrogen and oxygen atoms in total. The highest BCUT2D eigenvalue weighted by Crippen LogP contribution is 2.10. The van der Waals surface area contributed by atoms with E-state index in [4.69, 9.17) is 11.5 Å². The fraction of sp³-hybridized carbons (Fsp3) is 0.333. The summed E-state index contributed by atoms with van der Waals surface area (Å²) in [4.78, 5) is 22.2. The minimum Gasteiger partial charge on any atom is -0.369 e. The van der Waals surface area contributed by atoms with E-state index in [2.05, 4.69) is 5.32 Å². The van der Waals surface area contributed by atoms with Gasteiger partial charge in [0.2, 0.25) is 11.8 Å². The number of nitrogens with one attached hydrogen (secondary N) is 1. The highest BCUT2D eigenvalue weighted by Gasteiger charge is 2.10. The Balaban J connectivity index is 2.62. The van der Waals surface area contributed by atoms with Crippen LogP contribution in [0.4, 0.5) is 5.69 Å². The average molecular weight is 235 g/mol. The molecule has 0 aliphatic carbocycles. The van der Waals surface area contributed by atoms with Crippen LogP contribution in [0.15, 0.2) is 24.3 Å². The molecular formula is C12H17N3O2. The summed E-state index contributed by atoms with van der Waals surface area (Å²) < 4.78 is 0. The lowest BCUT2D eigenvalue weighted by atomic mass is 10.1. The third kappa shape index (κ3) is 4.24. The molecule has 5 N–H and O–H groups in total. The highest BCUT2D eigenvalue weighted by molar-refractivity contribution is 5.94. The van der Waals surface area contributed by atoms with Crippen LogP contribution in [0.25, 0.3) is 0 Å². The maximum atomic E-state index is 11.5. The maximum absolute atomic E-state index is 11.5. The minimum atomic E-state index is -0.500. The molecule has 92 valence electrons. The summed E-state index contributed by atoms with van der Waals surface area (Å²) in [5.74, 6) is -0.593. The molecule has 1 unspecified atom stereocenters. The molecule has 0 saturated carbocycles. The third-order valence-corrected chi connectivity index (χ3v) is 2.38. The predicted octanol–water partition coefficient (Wildman–Crippen LogP) is 0.390. The van der Waals surface area contributed by atoms with Gasteiger partial charge >= 0.3 is 0 Å². The average Bonchev–Trinajstić information content (AvgIpc) is 2.30. The molecule has 0 aromatic heterocycles. The van der Waals surface area contributed by atoms with Crippen molar-refractivity contribution in [1.29, 1.82) is 0 Å². The molecule has 2 amide bonds.